The minimum Gasteiger partial charge on any atom is -0.493 e. The summed E-state index contributed by atoms with van der Waals surface area (Å²) in [6.45, 7) is 2.07. The summed E-state index contributed by atoms with van der Waals surface area (Å²) in [5, 5.41) is 9.31. The Balaban J connectivity index is 1.32. The molecule has 0 bridgehead atoms. The third-order valence-electron chi connectivity index (χ3n) is 8.14. The van der Waals surface area contributed by atoms with E-state index in [2.05, 4.69) is 0 Å². The number of carbonyl (C=O) groups excluding carboxylic acids is 1. The summed E-state index contributed by atoms with van der Waals surface area (Å²) >= 11 is 1.20. The van der Waals surface area contributed by atoms with E-state index in [0.29, 0.717) is 60.3 Å². The van der Waals surface area contributed by atoms with Crippen LogP contribution >= 0.6 is 11.3 Å². The molecule has 3 heterocycles. The lowest BCUT2D eigenvalue weighted by Crippen LogP contribution is -2.40. The average molecular weight is 691 g/mol. The molecule has 2 aliphatic rings. The Kier molecular flexibility index (Phi) is 8.92. The monoisotopic (exact) mass is 690 g/mol. The maximum Gasteiger partial charge on any atom is 0.338 e. The predicted octanol–water partition coefficient (Wildman–Crippen LogP) is 4.95. The zero-order chi connectivity index (χ0) is 34.8. The number of thiazole rings is 1. The minimum absolute atomic E-state index is 0.0720. The van der Waals surface area contributed by atoms with E-state index in [1.165, 1.54) is 29.1 Å². The number of ether oxygens (including phenoxy) is 5. The molecule has 0 saturated carbocycles. The highest BCUT2D eigenvalue weighted by molar-refractivity contribution is 7.07. The quantitative estimate of drug-likeness (QED) is 0.202. The fourth-order valence-corrected chi connectivity index (χ4v) is 6.84. The molecule has 0 aliphatic carbocycles. The molecule has 0 radical (unpaired) electrons. The Labute approximate surface area is 289 Å². The summed E-state index contributed by atoms with van der Waals surface area (Å²) in [4.78, 5) is 44.7. The first kappa shape index (κ1) is 32.4. The van der Waals surface area contributed by atoms with Crippen molar-refractivity contribution in [3.05, 3.63) is 144 Å². The highest BCUT2D eigenvalue weighted by Gasteiger charge is 2.36. The van der Waals surface area contributed by atoms with Gasteiger partial charge in [0.1, 0.15) is 6.61 Å². The van der Waals surface area contributed by atoms with Gasteiger partial charge >= 0.3 is 11.9 Å². The molecule has 50 heavy (non-hydrogen) atoms. The van der Waals surface area contributed by atoms with Crippen molar-refractivity contribution in [3.63, 3.8) is 0 Å². The van der Waals surface area contributed by atoms with Crippen LogP contribution in [0.25, 0.3) is 11.8 Å². The molecule has 12 heteroatoms. The van der Waals surface area contributed by atoms with Crippen LogP contribution in [0.1, 0.15) is 45.6 Å². The van der Waals surface area contributed by atoms with Crippen molar-refractivity contribution in [3.8, 4) is 23.0 Å². The van der Waals surface area contributed by atoms with Gasteiger partial charge in [0, 0.05) is 5.56 Å². The zero-order valence-electron chi connectivity index (χ0n) is 27.0. The van der Waals surface area contributed by atoms with Crippen molar-refractivity contribution in [2.75, 3.05) is 20.5 Å². The van der Waals surface area contributed by atoms with Gasteiger partial charge in [-0.25, -0.2) is 14.6 Å². The third-order valence-corrected chi connectivity index (χ3v) is 9.12. The topological polar surface area (TPSA) is 135 Å². The SMILES string of the molecule is CCOC(=O)C1=C(c2ccccc2)N=c2s/c(=C\c3ccc(OCc4cccc(C(=O)O)c4)c(OC)c3)c(=O)n2[C@H]1c1ccc2c(c1)OCO2. The molecular weight excluding hydrogens is 660 g/mol. The van der Waals surface area contributed by atoms with Gasteiger partial charge in [0.05, 0.1) is 41.1 Å². The largest absolute Gasteiger partial charge is 0.493 e. The Hall–Kier alpha value is -6.14. The lowest BCUT2D eigenvalue weighted by atomic mass is 9.93. The van der Waals surface area contributed by atoms with Gasteiger partial charge in [0.2, 0.25) is 6.79 Å². The molecule has 1 N–H and O–H groups in total. The van der Waals surface area contributed by atoms with Gasteiger partial charge in [-0.2, -0.15) is 0 Å². The van der Waals surface area contributed by atoms with Crippen LogP contribution in [-0.2, 0) is 16.1 Å². The minimum atomic E-state index is -1.02. The molecule has 1 aromatic heterocycles. The molecule has 0 spiro atoms. The second-order valence-electron chi connectivity index (χ2n) is 11.2. The number of methoxy groups -OCH3 is 1. The Morgan fingerprint density at radius 2 is 1.80 bits per heavy atom. The smallest absolute Gasteiger partial charge is 0.338 e. The standard InChI is InChI=1S/C38H30N2O9S/c1-3-46-37(44)32-33(24-9-5-4-6-10-24)39-38-40(34(32)25-13-15-28-30(19-25)49-21-48-28)35(41)31(50-38)18-22-12-14-27(29(17-22)45-2)47-20-23-8-7-11-26(16-23)36(42)43/h4-19,34H,3,20-21H2,1-2H3,(H,42,43)/b31-18-/t34-/m0/s1. The number of rotatable bonds is 10. The fourth-order valence-electron chi connectivity index (χ4n) is 5.84. The molecule has 0 fully saturated rings. The Bertz CT molecular complexity index is 2340. The van der Waals surface area contributed by atoms with Crippen molar-refractivity contribution in [1.82, 2.24) is 4.57 Å². The summed E-state index contributed by atoms with van der Waals surface area (Å²) < 4.78 is 30.2. The van der Waals surface area contributed by atoms with Crippen molar-refractivity contribution >= 4 is 35.0 Å². The first-order chi connectivity index (χ1) is 24.3. The molecule has 7 rings (SSSR count). The van der Waals surface area contributed by atoms with Gasteiger partial charge in [-0.15, -0.1) is 0 Å². The van der Waals surface area contributed by atoms with Crippen LogP contribution in [-0.4, -0.2) is 42.1 Å². The second-order valence-corrected chi connectivity index (χ2v) is 12.3. The highest BCUT2D eigenvalue weighted by Crippen LogP contribution is 2.40. The first-order valence-electron chi connectivity index (χ1n) is 15.7. The number of carboxylic acids is 1. The van der Waals surface area contributed by atoms with Crippen LogP contribution in [0.4, 0.5) is 0 Å². The van der Waals surface area contributed by atoms with Gasteiger partial charge in [-0.1, -0.05) is 65.9 Å². The lowest BCUT2D eigenvalue weighted by Gasteiger charge is -2.26. The maximum absolute atomic E-state index is 14.3. The molecule has 252 valence electrons. The molecule has 1 atom stereocenters. The number of esters is 1. The van der Waals surface area contributed by atoms with E-state index >= 15 is 0 Å². The van der Waals surface area contributed by atoms with Crippen LogP contribution in [0, 0.1) is 0 Å². The van der Waals surface area contributed by atoms with Gasteiger partial charge in [-0.3, -0.25) is 9.36 Å². The highest BCUT2D eigenvalue weighted by atomic mass is 32.1. The van der Waals surface area contributed by atoms with E-state index < -0.39 is 18.0 Å². The molecule has 5 aromatic rings. The Morgan fingerprint density at radius 1 is 0.980 bits per heavy atom. The maximum atomic E-state index is 14.3. The summed E-state index contributed by atoms with van der Waals surface area (Å²) in [6, 6.07) is 25.6. The normalized spacial score (nSPS) is 14.9. The molecule has 0 saturated heterocycles. The fraction of sp³-hybridized carbons (Fsp3) is 0.158. The molecule has 11 nitrogen and oxygen atoms in total. The summed E-state index contributed by atoms with van der Waals surface area (Å²) in [6.07, 6.45) is 1.74. The Morgan fingerprint density at radius 3 is 2.58 bits per heavy atom. The van der Waals surface area contributed by atoms with Crippen LogP contribution in [0.15, 0.2) is 106 Å². The van der Waals surface area contributed by atoms with Gasteiger partial charge in [0.25, 0.3) is 5.56 Å². The van der Waals surface area contributed by atoms with Crippen LogP contribution < -0.4 is 33.8 Å². The van der Waals surface area contributed by atoms with E-state index in [0.717, 1.165) is 0 Å². The van der Waals surface area contributed by atoms with Gasteiger partial charge in [0.15, 0.2) is 27.8 Å². The summed E-state index contributed by atoms with van der Waals surface area (Å²) in [5.74, 6) is 0.351. The van der Waals surface area contributed by atoms with Crippen LogP contribution in [0.2, 0.25) is 0 Å². The van der Waals surface area contributed by atoms with Gasteiger partial charge in [-0.05, 0) is 66.1 Å². The molecule has 0 unspecified atom stereocenters. The van der Waals surface area contributed by atoms with Crippen LogP contribution in [0.5, 0.6) is 23.0 Å². The van der Waals surface area contributed by atoms with E-state index in [4.69, 9.17) is 28.7 Å². The van der Waals surface area contributed by atoms with Crippen molar-refractivity contribution in [1.29, 1.82) is 0 Å². The number of hydrogen-bond donors (Lipinski definition) is 1. The summed E-state index contributed by atoms with van der Waals surface area (Å²) in [7, 11) is 1.51. The number of nitrogens with zero attached hydrogens (tertiary/aromatic N) is 2. The number of aromatic carboxylic acids is 1. The molecular formula is C38H30N2O9S. The molecule has 0 amide bonds. The second kappa shape index (κ2) is 13.8. The van der Waals surface area contributed by atoms with E-state index in [-0.39, 0.29) is 36.7 Å². The van der Waals surface area contributed by atoms with Crippen molar-refractivity contribution in [2.24, 2.45) is 4.99 Å². The van der Waals surface area contributed by atoms with Crippen molar-refractivity contribution < 1.29 is 38.4 Å². The number of carbonyl (C=O) groups is 2. The number of benzene rings is 4. The van der Waals surface area contributed by atoms with Crippen molar-refractivity contribution in [2.45, 2.75) is 19.6 Å². The number of hydrogen-bond acceptors (Lipinski definition) is 10. The molecule has 2 aliphatic heterocycles. The predicted molar refractivity (Wildman–Crippen MR) is 184 cm³/mol. The molecule has 4 aromatic carbocycles. The number of aromatic nitrogens is 1. The van der Waals surface area contributed by atoms with E-state index in [1.54, 1.807) is 61.5 Å². The van der Waals surface area contributed by atoms with E-state index in [1.807, 2.05) is 36.4 Å². The van der Waals surface area contributed by atoms with Gasteiger partial charge < -0.3 is 28.8 Å². The summed E-state index contributed by atoms with van der Waals surface area (Å²) in [5.41, 5.74) is 3.15. The zero-order valence-corrected chi connectivity index (χ0v) is 27.8. The van der Waals surface area contributed by atoms with E-state index in [9.17, 15) is 19.5 Å². The number of fused-ring (bicyclic) bond motifs is 2. The van der Waals surface area contributed by atoms with Crippen LogP contribution in [0.3, 0.4) is 0 Å². The number of carboxylic acid groups (broad SMARTS) is 1. The average Bonchev–Trinajstić information content (AvgIpc) is 3.74. The third kappa shape index (κ3) is 6.24. The lowest BCUT2D eigenvalue weighted by molar-refractivity contribution is -0.138. The first-order valence-corrected chi connectivity index (χ1v) is 16.5.